The van der Waals surface area contributed by atoms with Gasteiger partial charge in [0.25, 0.3) is 0 Å². The SMILES string of the molecule is OC1(c2c(F)cnc(Br)c2F)CCC1. The molecule has 0 aliphatic heterocycles. The molecule has 0 bridgehead atoms. The third kappa shape index (κ3) is 1.35. The summed E-state index contributed by atoms with van der Waals surface area (Å²) >= 11 is 2.86. The molecular formula is C9H8BrF2NO. The minimum absolute atomic E-state index is 0.0609. The summed E-state index contributed by atoms with van der Waals surface area (Å²) in [5.41, 5.74) is -1.59. The summed E-state index contributed by atoms with van der Waals surface area (Å²) in [7, 11) is 0. The first-order chi connectivity index (χ1) is 6.54. The van der Waals surface area contributed by atoms with Crippen molar-refractivity contribution in [3.05, 3.63) is 28.0 Å². The highest BCUT2D eigenvalue weighted by molar-refractivity contribution is 9.10. The largest absolute Gasteiger partial charge is 0.385 e. The van der Waals surface area contributed by atoms with Crippen molar-refractivity contribution in [3.8, 4) is 0 Å². The quantitative estimate of drug-likeness (QED) is 0.790. The van der Waals surface area contributed by atoms with Crippen LogP contribution in [0.25, 0.3) is 0 Å². The fourth-order valence-corrected chi connectivity index (χ4v) is 1.93. The molecule has 2 rings (SSSR count). The van der Waals surface area contributed by atoms with Crippen LogP contribution < -0.4 is 0 Å². The van der Waals surface area contributed by atoms with Crippen LogP contribution in [0.3, 0.4) is 0 Å². The van der Waals surface area contributed by atoms with E-state index in [0.29, 0.717) is 12.8 Å². The number of rotatable bonds is 1. The summed E-state index contributed by atoms with van der Waals surface area (Å²) in [5, 5.41) is 9.84. The minimum Gasteiger partial charge on any atom is -0.385 e. The molecule has 1 saturated carbocycles. The van der Waals surface area contributed by atoms with Gasteiger partial charge in [0.05, 0.1) is 17.4 Å². The number of nitrogens with zero attached hydrogens (tertiary/aromatic N) is 1. The molecular weight excluding hydrogens is 256 g/mol. The molecule has 1 heterocycles. The molecule has 0 aromatic carbocycles. The van der Waals surface area contributed by atoms with E-state index in [2.05, 4.69) is 20.9 Å². The van der Waals surface area contributed by atoms with Gasteiger partial charge in [-0.2, -0.15) is 0 Å². The summed E-state index contributed by atoms with van der Waals surface area (Å²) < 4.78 is 26.7. The van der Waals surface area contributed by atoms with Crippen molar-refractivity contribution in [1.82, 2.24) is 4.98 Å². The zero-order valence-electron chi connectivity index (χ0n) is 7.23. The second kappa shape index (κ2) is 3.24. The summed E-state index contributed by atoms with van der Waals surface area (Å²) in [6.07, 6.45) is 2.50. The van der Waals surface area contributed by atoms with Gasteiger partial charge in [-0.15, -0.1) is 0 Å². The van der Waals surface area contributed by atoms with Crippen LogP contribution in [0, 0.1) is 11.6 Å². The topological polar surface area (TPSA) is 33.1 Å². The maximum Gasteiger partial charge on any atom is 0.164 e. The van der Waals surface area contributed by atoms with Crippen LogP contribution in [-0.2, 0) is 5.60 Å². The predicted molar refractivity (Wildman–Crippen MR) is 49.6 cm³/mol. The number of hydrogen-bond acceptors (Lipinski definition) is 2. The molecule has 1 aliphatic rings. The second-order valence-electron chi connectivity index (χ2n) is 3.47. The fourth-order valence-electron chi connectivity index (χ4n) is 1.63. The van der Waals surface area contributed by atoms with Crippen molar-refractivity contribution in [3.63, 3.8) is 0 Å². The van der Waals surface area contributed by atoms with Crippen LogP contribution >= 0.6 is 15.9 Å². The average molecular weight is 264 g/mol. The first-order valence-corrected chi connectivity index (χ1v) is 5.06. The lowest BCUT2D eigenvalue weighted by Gasteiger charge is -2.37. The Kier molecular flexibility index (Phi) is 2.31. The Hall–Kier alpha value is -0.550. The standard InChI is InChI=1S/C9H8BrF2NO/c10-8-7(12)6(5(11)4-13-8)9(14)2-1-3-9/h4,14H,1-3H2. The normalized spacial score (nSPS) is 19.1. The first kappa shape index (κ1) is 9.98. The van der Waals surface area contributed by atoms with Gasteiger partial charge in [0.1, 0.15) is 4.60 Å². The monoisotopic (exact) mass is 263 g/mol. The Morgan fingerprint density at radius 1 is 1.43 bits per heavy atom. The molecule has 1 aliphatic carbocycles. The second-order valence-corrected chi connectivity index (χ2v) is 4.22. The lowest BCUT2D eigenvalue weighted by molar-refractivity contribution is -0.0449. The van der Waals surface area contributed by atoms with E-state index >= 15 is 0 Å². The Balaban J connectivity index is 2.56. The molecule has 5 heteroatoms. The molecule has 1 fully saturated rings. The number of hydrogen-bond donors (Lipinski definition) is 1. The molecule has 0 radical (unpaired) electrons. The van der Waals surface area contributed by atoms with Gasteiger partial charge in [0.15, 0.2) is 11.6 Å². The molecule has 0 unspecified atom stereocenters. The van der Waals surface area contributed by atoms with Crippen LogP contribution in [0.2, 0.25) is 0 Å². The minimum atomic E-state index is -1.33. The van der Waals surface area contributed by atoms with Crippen molar-refractivity contribution in [2.75, 3.05) is 0 Å². The number of aromatic nitrogens is 1. The van der Waals surface area contributed by atoms with Crippen molar-refractivity contribution in [1.29, 1.82) is 0 Å². The summed E-state index contributed by atoms with van der Waals surface area (Å²) in [6.45, 7) is 0. The van der Waals surface area contributed by atoms with Gasteiger partial charge in [-0.3, -0.25) is 0 Å². The molecule has 14 heavy (non-hydrogen) atoms. The Bertz CT molecular complexity index is 379. The highest BCUT2D eigenvalue weighted by atomic mass is 79.9. The Labute approximate surface area is 88.1 Å². The van der Waals surface area contributed by atoms with E-state index in [-0.39, 0.29) is 10.2 Å². The van der Waals surface area contributed by atoms with Crippen LogP contribution in [-0.4, -0.2) is 10.1 Å². The van der Waals surface area contributed by atoms with Gasteiger partial charge in [-0.05, 0) is 35.2 Å². The molecule has 2 nitrogen and oxygen atoms in total. The van der Waals surface area contributed by atoms with Gasteiger partial charge in [-0.1, -0.05) is 0 Å². The van der Waals surface area contributed by atoms with Gasteiger partial charge in [0.2, 0.25) is 0 Å². The summed E-state index contributed by atoms with van der Waals surface area (Å²) in [5.74, 6) is -1.58. The molecule has 0 spiro atoms. The van der Waals surface area contributed by atoms with Crippen molar-refractivity contribution in [2.24, 2.45) is 0 Å². The third-order valence-corrected chi connectivity index (χ3v) is 3.13. The number of pyridine rings is 1. The maximum absolute atomic E-state index is 13.5. The smallest absolute Gasteiger partial charge is 0.164 e. The Morgan fingerprint density at radius 3 is 2.57 bits per heavy atom. The molecule has 0 saturated heterocycles. The van der Waals surface area contributed by atoms with Crippen molar-refractivity contribution < 1.29 is 13.9 Å². The van der Waals surface area contributed by atoms with E-state index in [1.807, 2.05) is 0 Å². The summed E-state index contributed by atoms with van der Waals surface area (Å²) in [6, 6.07) is 0. The summed E-state index contributed by atoms with van der Waals surface area (Å²) in [4.78, 5) is 3.47. The van der Waals surface area contributed by atoms with Crippen LogP contribution in [0.15, 0.2) is 10.8 Å². The van der Waals surface area contributed by atoms with E-state index in [1.54, 1.807) is 0 Å². The zero-order chi connectivity index (χ0) is 10.3. The van der Waals surface area contributed by atoms with E-state index in [4.69, 9.17) is 0 Å². The molecule has 1 aromatic heterocycles. The van der Waals surface area contributed by atoms with Crippen molar-refractivity contribution >= 4 is 15.9 Å². The van der Waals surface area contributed by atoms with E-state index in [1.165, 1.54) is 0 Å². The molecule has 0 atom stereocenters. The maximum atomic E-state index is 13.5. The molecule has 0 amide bonds. The highest BCUT2D eigenvalue weighted by Crippen LogP contribution is 2.43. The van der Waals surface area contributed by atoms with Gasteiger partial charge in [-0.25, -0.2) is 13.8 Å². The predicted octanol–water partition coefficient (Wildman–Crippen LogP) is 2.49. The molecule has 76 valence electrons. The molecule has 1 aromatic rings. The lowest BCUT2D eigenvalue weighted by Crippen LogP contribution is -2.36. The van der Waals surface area contributed by atoms with E-state index in [0.717, 1.165) is 12.6 Å². The zero-order valence-corrected chi connectivity index (χ0v) is 8.81. The highest BCUT2D eigenvalue weighted by Gasteiger charge is 2.41. The lowest BCUT2D eigenvalue weighted by atomic mass is 9.75. The Morgan fingerprint density at radius 2 is 2.07 bits per heavy atom. The van der Waals surface area contributed by atoms with Gasteiger partial charge >= 0.3 is 0 Å². The van der Waals surface area contributed by atoms with Crippen molar-refractivity contribution in [2.45, 2.75) is 24.9 Å². The van der Waals surface area contributed by atoms with Gasteiger partial charge in [0, 0.05) is 0 Å². The average Bonchev–Trinajstić information content (AvgIpc) is 2.09. The first-order valence-electron chi connectivity index (χ1n) is 4.27. The third-order valence-electron chi connectivity index (χ3n) is 2.58. The van der Waals surface area contributed by atoms with Crippen LogP contribution in [0.4, 0.5) is 8.78 Å². The van der Waals surface area contributed by atoms with Crippen LogP contribution in [0.1, 0.15) is 24.8 Å². The van der Waals surface area contributed by atoms with Gasteiger partial charge < -0.3 is 5.11 Å². The number of aliphatic hydroxyl groups is 1. The molecule has 1 N–H and O–H groups in total. The van der Waals surface area contributed by atoms with Crippen LogP contribution in [0.5, 0.6) is 0 Å². The fraction of sp³-hybridized carbons (Fsp3) is 0.444. The van der Waals surface area contributed by atoms with E-state index in [9.17, 15) is 13.9 Å². The number of halogens is 3. The van der Waals surface area contributed by atoms with E-state index < -0.39 is 17.2 Å².